The van der Waals surface area contributed by atoms with Crippen molar-refractivity contribution in [2.75, 3.05) is 14.2 Å². The summed E-state index contributed by atoms with van der Waals surface area (Å²) in [6, 6.07) is 30.5. The summed E-state index contributed by atoms with van der Waals surface area (Å²) in [4.78, 5) is 35.4. The van der Waals surface area contributed by atoms with E-state index in [1.165, 1.54) is 0 Å². The van der Waals surface area contributed by atoms with Crippen molar-refractivity contribution in [2.45, 2.75) is 19.8 Å². The number of fused-ring (bicyclic) bond motifs is 2. The molecule has 1 aliphatic heterocycles. The predicted molar refractivity (Wildman–Crippen MR) is 162 cm³/mol. The Morgan fingerprint density at radius 2 is 0.789 bits per heavy atom. The molecule has 1 heterocycles. The second-order valence-electron chi connectivity index (χ2n) is 10.7. The predicted octanol–water partition coefficient (Wildman–Crippen LogP) is 6.91. The van der Waals surface area contributed by atoms with Gasteiger partial charge in [-0.25, -0.2) is 0 Å². The van der Waals surface area contributed by atoms with E-state index in [4.69, 9.17) is 0 Å². The fourth-order valence-corrected chi connectivity index (χ4v) is 15.2. The van der Waals surface area contributed by atoms with Crippen molar-refractivity contribution in [1.29, 1.82) is 0 Å². The van der Waals surface area contributed by atoms with E-state index in [0.717, 1.165) is 22.7 Å². The number of anilines is 4. The second kappa shape index (κ2) is 10.6. The molecule has 8 heteroatoms. The number of nitrogens with one attached hydrogen (secondary N) is 4. The molecule has 192 valence electrons. The van der Waals surface area contributed by atoms with E-state index in [2.05, 4.69) is 33.9 Å². The van der Waals surface area contributed by atoms with E-state index in [1.807, 2.05) is 97.1 Å². The third kappa shape index (κ3) is 6.01. The maximum atomic E-state index is 13.2. The summed E-state index contributed by atoms with van der Waals surface area (Å²) in [6.07, 6.45) is 0. The molecule has 4 aromatic carbocycles. The normalized spacial score (nSPS) is 15.3. The molecule has 0 spiro atoms. The minimum absolute atomic E-state index is 0.00937. The monoisotopic (exact) mass is 720 g/mol. The quantitative estimate of drug-likeness (QED) is 0.136. The summed E-state index contributed by atoms with van der Waals surface area (Å²) in [5.41, 5.74) is 6.57. The number of rotatable bonds is 4. The third-order valence-electron chi connectivity index (χ3n) is 6.42. The van der Waals surface area contributed by atoms with Crippen LogP contribution in [0.2, 0.25) is 19.8 Å². The van der Waals surface area contributed by atoms with Crippen molar-refractivity contribution in [3.63, 3.8) is 0 Å². The number of carbonyl (C=O) groups is 2. The molecule has 0 saturated heterocycles. The Labute approximate surface area is 233 Å². The SMILES string of the molecule is [CH3][Sn]1([CH3])[NH]c2ccc(C(=O)c3ccccc3)cc2[NH][Sn]([CH3])([CH3])[NH]c2ccc(C(=O)c3ccccc3)cc2[NH]1. The first-order chi connectivity index (χ1) is 18.1. The number of hydrogen-bond acceptors (Lipinski definition) is 6. The van der Waals surface area contributed by atoms with Gasteiger partial charge in [0.05, 0.1) is 0 Å². The van der Waals surface area contributed by atoms with Crippen molar-refractivity contribution in [3.05, 3.63) is 119 Å². The molecule has 0 fully saturated rings. The van der Waals surface area contributed by atoms with Crippen molar-refractivity contribution in [1.82, 2.24) is 0 Å². The van der Waals surface area contributed by atoms with Crippen LogP contribution in [-0.2, 0) is 0 Å². The Morgan fingerprint density at radius 3 is 1.16 bits per heavy atom. The number of carbonyl (C=O) groups excluding carboxylic acids is 2. The van der Waals surface area contributed by atoms with Crippen LogP contribution in [0.1, 0.15) is 31.8 Å². The summed E-state index contributed by atoms with van der Waals surface area (Å²) in [5, 5.41) is 0. The third-order valence-corrected chi connectivity index (χ3v) is 16.6. The molecule has 0 aromatic heterocycles. The van der Waals surface area contributed by atoms with Gasteiger partial charge in [-0.05, 0) is 0 Å². The first kappa shape index (κ1) is 26.6. The van der Waals surface area contributed by atoms with E-state index < -0.39 is 37.8 Å². The Kier molecular flexibility index (Phi) is 7.46. The van der Waals surface area contributed by atoms with Crippen LogP contribution < -0.4 is 14.2 Å². The molecule has 6 nitrogen and oxygen atoms in total. The standard InChI is InChI=1S/2C13H11N2O.4CH3.2Sn/c2*14-11-7-6-10(8-12(11)15)13(16)9-4-2-1-3-5-9;;;;;;/h2*1-8,15H,(H2,14,16);4*1H3;;/q2*-1;;;;;2*+2/p-2. The van der Waals surface area contributed by atoms with Crippen molar-refractivity contribution < 1.29 is 9.59 Å². The molecule has 4 N–H and O–H groups in total. The van der Waals surface area contributed by atoms with Gasteiger partial charge in [0.15, 0.2) is 0 Å². The van der Waals surface area contributed by atoms with Gasteiger partial charge in [-0.2, -0.15) is 0 Å². The van der Waals surface area contributed by atoms with E-state index in [0.29, 0.717) is 22.3 Å². The second-order valence-corrected chi connectivity index (χ2v) is 32.1. The van der Waals surface area contributed by atoms with Gasteiger partial charge in [-0.15, -0.1) is 0 Å². The topological polar surface area (TPSA) is 82.3 Å². The van der Waals surface area contributed by atoms with Crippen molar-refractivity contribution in [2.24, 2.45) is 0 Å². The fourth-order valence-electron chi connectivity index (χ4n) is 4.72. The zero-order chi connectivity index (χ0) is 26.9. The van der Waals surface area contributed by atoms with E-state index >= 15 is 0 Å². The van der Waals surface area contributed by atoms with E-state index in [9.17, 15) is 9.59 Å². The van der Waals surface area contributed by atoms with Crippen LogP contribution in [0, 0.1) is 0 Å². The molecule has 0 atom stereocenters. The maximum absolute atomic E-state index is 13.2. The molecule has 0 bridgehead atoms. The van der Waals surface area contributed by atoms with Crippen LogP contribution in [0.15, 0.2) is 97.1 Å². The molecule has 38 heavy (non-hydrogen) atoms. The van der Waals surface area contributed by atoms with E-state index in [1.54, 1.807) is 0 Å². The van der Waals surface area contributed by atoms with Gasteiger partial charge in [-0.1, -0.05) is 0 Å². The van der Waals surface area contributed by atoms with E-state index in [-0.39, 0.29) is 11.6 Å². The average Bonchev–Trinajstić information content (AvgIpc) is 2.90. The molecule has 0 saturated carbocycles. The summed E-state index contributed by atoms with van der Waals surface area (Å²) in [7, 11) is 0. The number of ketones is 2. The van der Waals surface area contributed by atoms with Crippen LogP contribution in [0.5, 0.6) is 0 Å². The van der Waals surface area contributed by atoms with Crippen LogP contribution in [-0.4, -0.2) is 49.4 Å². The summed E-state index contributed by atoms with van der Waals surface area (Å²) >= 11 is -6.30. The first-order valence-corrected chi connectivity index (χ1v) is 29.8. The molecule has 0 unspecified atom stereocenters. The fraction of sp³-hybridized carbons (Fsp3) is 0.133. The van der Waals surface area contributed by atoms with Crippen LogP contribution >= 0.6 is 0 Å². The summed E-state index contributed by atoms with van der Waals surface area (Å²) < 4.78 is 15.3. The molecular formula is C30H32N4O2Sn2. The Balaban J connectivity index is 1.50. The Hall–Kier alpha value is -2.98. The Morgan fingerprint density at radius 1 is 0.447 bits per heavy atom. The van der Waals surface area contributed by atoms with Gasteiger partial charge in [0.1, 0.15) is 0 Å². The van der Waals surface area contributed by atoms with Crippen LogP contribution in [0.3, 0.4) is 0 Å². The van der Waals surface area contributed by atoms with Crippen molar-refractivity contribution >= 4 is 72.2 Å². The van der Waals surface area contributed by atoms with Crippen molar-refractivity contribution in [3.8, 4) is 0 Å². The molecule has 0 radical (unpaired) electrons. The average molecular weight is 718 g/mol. The van der Waals surface area contributed by atoms with Crippen LogP contribution in [0.25, 0.3) is 0 Å². The molecule has 0 amide bonds. The van der Waals surface area contributed by atoms with Gasteiger partial charge in [0.2, 0.25) is 0 Å². The summed E-state index contributed by atoms with van der Waals surface area (Å²) in [5.74, 6) is 0.0187. The molecule has 4 aromatic rings. The van der Waals surface area contributed by atoms with Gasteiger partial charge in [0.25, 0.3) is 0 Å². The Bertz CT molecular complexity index is 1390. The summed E-state index contributed by atoms with van der Waals surface area (Å²) in [6.45, 7) is 0. The molecular weight excluding hydrogens is 686 g/mol. The zero-order valence-corrected chi connectivity index (χ0v) is 27.8. The molecule has 0 aliphatic carbocycles. The van der Waals surface area contributed by atoms with Gasteiger partial charge in [0, 0.05) is 0 Å². The number of hydrogen-bond donors (Lipinski definition) is 4. The van der Waals surface area contributed by atoms with Gasteiger partial charge < -0.3 is 0 Å². The molecule has 1 aliphatic rings. The van der Waals surface area contributed by atoms with Crippen LogP contribution in [0.4, 0.5) is 22.7 Å². The van der Waals surface area contributed by atoms with Gasteiger partial charge in [-0.3, -0.25) is 0 Å². The minimum atomic E-state index is -3.15. The zero-order valence-electron chi connectivity index (χ0n) is 22.1. The van der Waals surface area contributed by atoms with Gasteiger partial charge >= 0.3 is 235 Å². The first-order valence-electron chi connectivity index (χ1n) is 12.7. The molecule has 5 rings (SSSR count). The number of benzene rings is 4.